The topological polar surface area (TPSA) is 108 Å². The summed E-state index contributed by atoms with van der Waals surface area (Å²) in [5.74, 6) is -1.60. The van der Waals surface area contributed by atoms with Gasteiger partial charge in [-0.05, 0) is 6.07 Å². The van der Waals surface area contributed by atoms with E-state index in [0.717, 1.165) is 10.6 Å². The molecule has 0 aliphatic rings. The van der Waals surface area contributed by atoms with Gasteiger partial charge in [-0.3, -0.25) is 14.4 Å². The Morgan fingerprint density at radius 2 is 1.80 bits per heavy atom. The van der Waals surface area contributed by atoms with Crippen LogP contribution in [0.2, 0.25) is 0 Å². The van der Waals surface area contributed by atoms with Gasteiger partial charge in [0.1, 0.15) is 5.56 Å². The van der Waals surface area contributed by atoms with Crippen molar-refractivity contribution in [3.63, 3.8) is 0 Å². The van der Waals surface area contributed by atoms with Crippen LogP contribution in [0.4, 0.5) is 0 Å². The van der Waals surface area contributed by atoms with Crippen molar-refractivity contribution in [3.8, 4) is 0 Å². The van der Waals surface area contributed by atoms with Gasteiger partial charge in [0.25, 0.3) is 11.5 Å². The normalized spacial score (nSPS) is 9.13. The van der Waals surface area contributed by atoms with Crippen LogP contribution in [-0.2, 0) is 7.05 Å². The Balaban J connectivity index is 0.00000196. The highest BCUT2D eigenvalue weighted by Gasteiger charge is 2.11. The van der Waals surface area contributed by atoms with Crippen molar-refractivity contribution in [3.05, 3.63) is 33.7 Å². The van der Waals surface area contributed by atoms with E-state index in [1.54, 1.807) is 0 Å². The molecule has 7 heteroatoms. The first-order valence-corrected chi connectivity index (χ1v) is 3.73. The molecular formula is C8H10ClN3O3. The van der Waals surface area contributed by atoms with Crippen LogP contribution in [-0.4, -0.2) is 16.4 Å². The first kappa shape index (κ1) is 13.2. The average Bonchev–Trinajstić information content (AvgIpc) is 2.08. The fraction of sp³-hybridized carbons (Fsp3) is 0.125. The minimum absolute atomic E-state index is 0. The summed E-state index contributed by atoms with van der Waals surface area (Å²) in [6, 6.07) is 1.09. The summed E-state index contributed by atoms with van der Waals surface area (Å²) in [5.41, 5.74) is 9.21. The minimum atomic E-state index is -0.881. The molecule has 4 N–H and O–H groups in total. The van der Waals surface area contributed by atoms with E-state index in [9.17, 15) is 14.4 Å². The Morgan fingerprint density at radius 3 is 2.20 bits per heavy atom. The minimum Gasteiger partial charge on any atom is -0.366 e. The SMILES string of the molecule is Cl.Cn1cc(C(N)=O)cc(C(N)=O)c1=O. The molecule has 0 bridgehead atoms. The van der Waals surface area contributed by atoms with E-state index >= 15 is 0 Å². The number of amides is 2. The van der Waals surface area contributed by atoms with Gasteiger partial charge in [0, 0.05) is 13.2 Å². The maximum Gasteiger partial charge on any atom is 0.263 e. The summed E-state index contributed by atoms with van der Waals surface area (Å²) < 4.78 is 1.08. The van der Waals surface area contributed by atoms with E-state index in [4.69, 9.17) is 11.5 Å². The summed E-state index contributed by atoms with van der Waals surface area (Å²) in [4.78, 5) is 32.9. The number of hydrogen-bond acceptors (Lipinski definition) is 3. The molecule has 6 nitrogen and oxygen atoms in total. The fourth-order valence-electron chi connectivity index (χ4n) is 1.02. The first-order valence-electron chi connectivity index (χ1n) is 3.73. The second-order valence-electron chi connectivity index (χ2n) is 2.79. The summed E-state index contributed by atoms with van der Waals surface area (Å²) in [7, 11) is 1.40. The Labute approximate surface area is 91.3 Å². The van der Waals surface area contributed by atoms with Gasteiger partial charge in [-0.1, -0.05) is 0 Å². The summed E-state index contributed by atoms with van der Waals surface area (Å²) >= 11 is 0. The van der Waals surface area contributed by atoms with E-state index in [1.807, 2.05) is 0 Å². The Bertz CT molecular complexity index is 467. The van der Waals surface area contributed by atoms with Gasteiger partial charge < -0.3 is 16.0 Å². The zero-order chi connectivity index (χ0) is 10.9. The predicted octanol–water partition coefficient (Wildman–Crippen LogP) is -0.995. The molecule has 1 aromatic rings. The van der Waals surface area contributed by atoms with E-state index in [1.165, 1.54) is 13.2 Å². The van der Waals surface area contributed by atoms with Crippen molar-refractivity contribution < 1.29 is 9.59 Å². The van der Waals surface area contributed by atoms with Crippen molar-refractivity contribution >= 4 is 24.2 Å². The lowest BCUT2D eigenvalue weighted by Crippen LogP contribution is -2.29. The molecule has 0 saturated heterocycles. The maximum atomic E-state index is 11.3. The third-order valence-electron chi connectivity index (χ3n) is 1.73. The highest BCUT2D eigenvalue weighted by atomic mass is 35.5. The number of nitrogens with two attached hydrogens (primary N) is 2. The molecule has 0 atom stereocenters. The molecule has 0 spiro atoms. The molecule has 0 unspecified atom stereocenters. The molecule has 0 aliphatic carbocycles. The molecule has 0 saturated carbocycles. The number of primary amides is 2. The molecule has 82 valence electrons. The predicted molar refractivity (Wildman–Crippen MR) is 56.0 cm³/mol. The zero-order valence-electron chi connectivity index (χ0n) is 7.89. The van der Waals surface area contributed by atoms with E-state index < -0.39 is 17.4 Å². The third-order valence-corrected chi connectivity index (χ3v) is 1.73. The van der Waals surface area contributed by atoms with Crippen LogP contribution in [0.3, 0.4) is 0 Å². The molecule has 1 aromatic heterocycles. The van der Waals surface area contributed by atoms with Gasteiger partial charge >= 0.3 is 0 Å². The van der Waals surface area contributed by atoms with Crippen LogP contribution in [0.15, 0.2) is 17.1 Å². The standard InChI is InChI=1S/C8H9N3O3.ClH/c1-11-3-4(6(9)12)2-5(7(10)13)8(11)14;/h2-3H,1H3,(H2,9,12)(H2,10,13);1H. The molecular weight excluding hydrogens is 222 g/mol. The number of rotatable bonds is 2. The third kappa shape index (κ3) is 2.57. The molecule has 0 radical (unpaired) electrons. The lowest BCUT2D eigenvalue weighted by atomic mass is 10.2. The second-order valence-corrected chi connectivity index (χ2v) is 2.79. The number of aryl methyl sites for hydroxylation is 1. The smallest absolute Gasteiger partial charge is 0.263 e. The van der Waals surface area contributed by atoms with Gasteiger partial charge in [0.05, 0.1) is 5.56 Å². The van der Waals surface area contributed by atoms with Gasteiger partial charge in [0.15, 0.2) is 0 Å². The fourth-order valence-corrected chi connectivity index (χ4v) is 1.02. The molecule has 1 heterocycles. The van der Waals surface area contributed by atoms with Crippen molar-refractivity contribution in [2.45, 2.75) is 0 Å². The Morgan fingerprint density at radius 1 is 1.27 bits per heavy atom. The Kier molecular flexibility index (Phi) is 4.05. The van der Waals surface area contributed by atoms with Gasteiger partial charge in [0.2, 0.25) is 5.91 Å². The van der Waals surface area contributed by atoms with Crippen molar-refractivity contribution in [1.29, 1.82) is 0 Å². The monoisotopic (exact) mass is 231 g/mol. The van der Waals surface area contributed by atoms with Crippen LogP contribution in [0.25, 0.3) is 0 Å². The summed E-state index contributed by atoms with van der Waals surface area (Å²) in [5, 5.41) is 0. The molecule has 0 aliphatic heterocycles. The molecule has 0 fully saturated rings. The number of pyridine rings is 1. The average molecular weight is 232 g/mol. The van der Waals surface area contributed by atoms with E-state index in [2.05, 4.69) is 0 Å². The van der Waals surface area contributed by atoms with Gasteiger partial charge in [-0.2, -0.15) is 0 Å². The number of carbonyl (C=O) groups excluding carboxylic acids is 2. The van der Waals surface area contributed by atoms with Crippen LogP contribution < -0.4 is 17.0 Å². The van der Waals surface area contributed by atoms with Crippen LogP contribution >= 0.6 is 12.4 Å². The molecule has 15 heavy (non-hydrogen) atoms. The van der Waals surface area contributed by atoms with E-state index in [0.29, 0.717) is 0 Å². The molecule has 0 aromatic carbocycles. The van der Waals surface area contributed by atoms with Crippen molar-refractivity contribution in [2.24, 2.45) is 18.5 Å². The largest absolute Gasteiger partial charge is 0.366 e. The lowest BCUT2D eigenvalue weighted by molar-refractivity contribution is 0.0998. The van der Waals surface area contributed by atoms with Crippen LogP contribution in [0, 0.1) is 0 Å². The maximum absolute atomic E-state index is 11.3. The van der Waals surface area contributed by atoms with Gasteiger partial charge in [-0.15, -0.1) is 12.4 Å². The number of hydrogen-bond donors (Lipinski definition) is 2. The number of aromatic nitrogens is 1. The number of halogens is 1. The van der Waals surface area contributed by atoms with Crippen LogP contribution in [0.1, 0.15) is 20.7 Å². The highest BCUT2D eigenvalue weighted by Crippen LogP contribution is 1.98. The highest BCUT2D eigenvalue weighted by molar-refractivity contribution is 5.97. The Hall–Kier alpha value is -1.82. The number of carbonyl (C=O) groups is 2. The van der Waals surface area contributed by atoms with Crippen LogP contribution in [0.5, 0.6) is 0 Å². The van der Waals surface area contributed by atoms with Crippen molar-refractivity contribution in [1.82, 2.24) is 4.57 Å². The van der Waals surface area contributed by atoms with E-state index in [-0.39, 0.29) is 23.5 Å². The number of nitrogens with zero attached hydrogens (tertiary/aromatic N) is 1. The first-order chi connectivity index (χ1) is 6.43. The molecule has 1 rings (SSSR count). The van der Waals surface area contributed by atoms with Crippen molar-refractivity contribution in [2.75, 3.05) is 0 Å². The zero-order valence-corrected chi connectivity index (χ0v) is 8.71. The summed E-state index contributed by atoms with van der Waals surface area (Å²) in [6.45, 7) is 0. The second kappa shape index (κ2) is 4.61. The summed E-state index contributed by atoms with van der Waals surface area (Å²) in [6.07, 6.45) is 1.25. The lowest BCUT2D eigenvalue weighted by Gasteiger charge is -2.02. The van der Waals surface area contributed by atoms with Gasteiger partial charge in [-0.25, -0.2) is 0 Å². The molecule has 2 amide bonds. The quantitative estimate of drug-likeness (QED) is 0.682.